The highest BCUT2D eigenvalue weighted by Gasteiger charge is 1.99. The number of hydrogen-bond donors (Lipinski definition) is 0. The third-order valence-corrected chi connectivity index (χ3v) is 2.81. The van der Waals surface area contributed by atoms with Gasteiger partial charge in [-0.1, -0.05) is 26.1 Å². The van der Waals surface area contributed by atoms with Crippen LogP contribution in [0.4, 0.5) is 5.69 Å². The average molecular weight is 264 g/mol. The summed E-state index contributed by atoms with van der Waals surface area (Å²) in [6.45, 7) is 8.11. The second-order valence-corrected chi connectivity index (χ2v) is 4.06. The van der Waals surface area contributed by atoms with E-state index in [1.165, 1.54) is 5.37 Å². The zero-order valence-corrected chi connectivity index (χ0v) is 11.8. The highest BCUT2D eigenvalue weighted by molar-refractivity contribution is 7.80. The predicted molar refractivity (Wildman–Crippen MR) is 81.5 cm³/mol. The summed E-state index contributed by atoms with van der Waals surface area (Å²) in [6.07, 6.45) is 1.60. The molecular formula is C14H20N2OS. The molecule has 0 amide bonds. The number of likely N-dealkylation sites (N-methyl/N-ethyl adjacent to an activating group) is 1. The van der Waals surface area contributed by atoms with Gasteiger partial charge >= 0.3 is 0 Å². The zero-order chi connectivity index (χ0) is 13.2. The highest BCUT2D eigenvalue weighted by atomic mass is 32.1. The van der Waals surface area contributed by atoms with Gasteiger partial charge in [0.1, 0.15) is 12.4 Å². The number of ether oxygens (including phenoxy) is 1. The molecule has 0 aromatic heterocycles. The van der Waals surface area contributed by atoms with Gasteiger partial charge in [-0.2, -0.15) is 0 Å². The van der Waals surface area contributed by atoms with Crippen molar-refractivity contribution in [2.45, 2.75) is 13.8 Å². The van der Waals surface area contributed by atoms with Gasteiger partial charge in [0, 0.05) is 18.1 Å². The topological polar surface area (TPSA) is 24.8 Å². The van der Waals surface area contributed by atoms with Crippen molar-refractivity contribution in [2.24, 2.45) is 4.99 Å². The minimum atomic E-state index is 0.713. The molecule has 1 aromatic rings. The fourth-order valence-electron chi connectivity index (χ4n) is 1.58. The van der Waals surface area contributed by atoms with E-state index in [0.717, 1.165) is 31.1 Å². The molecule has 0 aliphatic rings. The zero-order valence-electron chi connectivity index (χ0n) is 11.0. The summed E-state index contributed by atoms with van der Waals surface area (Å²) in [5, 5.41) is 1.49. The highest BCUT2D eigenvalue weighted by Crippen LogP contribution is 2.17. The van der Waals surface area contributed by atoms with E-state index in [2.05, 4.69) is 36.0 Å². The van der Waals surface area contributed by atoms with E-state index in [1.54, 1.807) is 6.21 Å². The van der Waals surface area contributed by atoms with Gasteiger partial charge in [0.2, 0.25) is 0 Å². The summed E-state index contributed by atoms with van der Waals surface area (Å²) < 4.78 is 5.68. The molecule has 0 saturated heterocycles. The van der Waals surface area contributed by atoms with Crippen LogP contribution in [0.15, 0.2) is 29.3 Å². The van der Waals surface area contributed by atoms with Crippen molar-refractivity contribution in [3.63, 3.8) is 0 Å². The molecule has 1 rings (SSSR count). The average Bonchev–Trinajstić information content (AvgIpc) is 2.42. The fraction of sp³-hybridized carbons (Fsp3) is 0.429. The number of hydrogen-bond acceptors (Lipinski definition) is 4. The Morgan fingerprint density at radius 1 is 1.22 bits per heavy atom. The molecule has 0 spiro atoms. The van der Waals surface area contributed by atoms with Crippen molar-refractivity contribution in [3.8, 4) is 5.75 Å². The van der Waals surface area contributed by atoms with Crippen LogP contribution in [0.1, 0.15) is 13.8 Å². The lowest BCUT2D eigenvalue weighted by Gasteiger charge is -2.17. The molecule has 0 saturated carbocycles. The minimum Gasteiger partial charge on any atom is -0.492 e. The molecule has 18 heavy (non-hydrogen) atoms. The Morgan fingerprint density at radius 3 is 2.44 bits per heavy atom. The van der Waals surface area contributed by atoms with Gasteiger partial charge in [-0.25, -0.2) is 0 Å². The first-order chi connectivity index (χ1) is 8.80. The van der Waals surface area contributed by atoms with Crippen molar-refractivity contribution in [1.82, 2.24) is 4.90 Å². The molecule has 0 atom stereocenters. The number of benzene rings is 1. The number of rotatable bonds is 8. The van der Waals surface area contributed by atoms with E-state index in [0.29, 0.717) is 6.61 Å². The molecule has 1 aromatic carbocycles. The van der Waals surface area contributed by atoms with E-state index >= 15 is 0 Å². The van der Waals surface area contributed by atoms with Crippen LogP contribution in [-0.2, 0) is 0 Å². The standard InChI is InChI=1S/C14H20N2OS/c1-3-16(4-2)10-11-17-14-7-5-13(6-8-14)15-9-12-18/h5-9,12H,3-4,10-11H2,1-2H3. The molecule has 0 bridgehead atoms. The molecule has 0 fully saturated rings. The molecule has 0 aliphatic heterocycles. The largest absolute Gasteiger partial charge is 0.492 e. The Morgan fingerprint density at radius 2 is 1.89 bits per heavy atom. The van der Waals surface area contributed by atoms with Crippen LogP contribution in [-0.4, -0.2) is 42.7 Å². The molecule has 4 heteroatoms. The quantitative estimate of drug-likeness (QED) is 0.533. The summed E-state index contributed by atoms with van der Waals surface area (Å²) in [6, 6.07) is 7.70. The van der Waals surface area contributed by atoms with Crippen molar-refractivity contribution in [2.75, 3.05) is 26.2 Å². The van der Waals surface area contributed by atoms with Crippen LogP contribution in [0, 0.1) is 0 Å². The van der Waals surface area contributed by atoms with Gasteiger partial charge in [0.05, 0.1) is 5.69 Å². The Labute approximate surface area is 114 Å². The van der Waals surface area contributed by atoms with Crippen molar-refractivity contribution < 1.29 is 4.74 Å². The predicted octanol–water partition coefficient (Wildman–Crippen LogP) is 3.11. The third kappa shape index (κ3) is 5.38. The van der Waals surface area contributed by atoms with Crippen molar-refractivity contribution in [3.05, 3.63) is 24.3 Å². The van der Waals surface area contributed by atoms with Gasteiger partial charge < -0.3 is 9.64 Å². The summed E-state index contributed by atoms with van der Waals surface area (Å²) in [4.78, 5) is 6.48. The van der Waals surface area contributed by atoms with Gasteiger partial charge in [0.25, 0.3) is 0 Å². The first-order valence-corrected chi connectivity index (χ1v) is 6.70. The molecule has 0 N–H and O–H groups in total. The molecule has 3 nitrogen and oxygen atoms in total. The third-order valence-electron chi connectivity index (χ3n) is 2.69. The maximum atomic E-state index is 5.68. The number of aliphatic imine (C=N–C) groups is 1. The van der Waals surface area contributed by atoms with Crippen LogP contribution < -0.4 is 4.74 Å². The molecule has 0 aliphatic carbocycles. The van der Waals surface area contributed by atoms with Gasteiger partial charge in [0.15, 0.2) is 0 Å². The second-order valence-electron chi connectivity index (χ2n) is 3.78. The Balaban J connectivity index is 2.39. The summed E-state index contributed by atoms with van der Waals surface area (Å²) in [7, 11) is 0. The second kappa shape index (κ2) is 8.78. The van der Waals surface area contributed by atoms with Gasteiger partial charge in [-0.3, -0.25) is 4.99 Å². The van der Waals surface area contributed by atoms with Crippen LogP contribution in [0.25, 0.3) is 0 Å². The lowest BCUT2D eigenvalue weighted by Crippen LogP contribution is -2.27. The van der Waals surface area contributed by atoms with Gasteiger partial charge in [-0.05, 0) is 37.4 Å². The molecule has 0 heterocycles. The van der Waals surface area contributed by atoms with E-state index < -0.39 is 0 Å². The SMILES string of the molecule is CCN(CC)CCOc1ccc(N=CC=S)cc1. The van der Waals surface area contributed by atoms with E-state index in [-0.39, 0.29) is 0 Å². The Bertz CT molecular complexity index is 372. The van der Waals surface area contributed by atoms with Crippen LogP contribution in [0.2, 0.25) is 0 Å². The summed E-state index contributed by atoms with van der Waals surface area (Å²) >= 11 is 4.68. The minimum absolute atomic E-state index is 0.713. The van der Waals surface area contributed by atoms with E-state index in [9.17, 15) is 0 Å². The van der Waals surface area contributed by atoms with Crippen molar-refractivity contribution in [1.29, 1.82) is 0 Å². The molecular weight excluding hydrogens is 244 g/mol. The smallest absolute Gasteiger partial charge is 0.119 e. The maximum absolute atomic E-state index is 5.68. The molecule has 98 valence electrons. The maximum Gasteiger partial charge on any atom is 0.119 e. The lowest BCUT2D eigenvalue weighted by molar-refractivity contribution is 0.223. The van der Waals surface area contributed by atoms with Gasteiger partial charge in [-0.15, -0.1) is 0 Å². The van der Waals surface area contributed by atoms with Crippen molar-refractivity contribution >= 4 is 29.5 Å². The number of nitrogens with zero attached hydrogens (tertiary/aromatic N) is 2. The monoisotopic (exact) mass is 264 g/mol. The van der Waals surface area contributed by atoms with Crippen LogP contribution >= 0.6 is 12.2 Å². The molecule has 0 radical (unpaired) electrons. The van der Waals surface area contributed by atoms with Crippen LogP contribution in [0.5, 0.6) is 5.75 Å². The Hall–Kier alpha value is -1.26. The Kier molecular flexibility index (Phi) is 7.22. The number of thiocarbonyl (C=S) groups is 1. The summed E-state index contributed by atoms with van der Waals surface area (Å²) in [5.74, 6) is 0.878. The first kappa shape index (κ1) is 14.8. The lowest BCUT2D eigenvalue weighted by atomic mass is 10.3. The van der Waals surface area contributed by atoms with Crippen LogP contribution in [0.3, 0.4) is 0 Å². The fourth-order valence-corrected chi connectivity index (χ4v) is 1.64. The van der Waals surface area contributed by atoms with E-state index in [1.807, 2.05) is 24.3 Å². The summed E-state index contributed by atoms with van der Waals surface area (Å²) in [5.41, 5.74) is 0.882. The first-order valence-electron chi connectivity index (χ1n) is 6.23. The molecule has 0 unspecified atom stereocenters. The van der Waals surface area contributed by atoms with E-state index in [4.69, 9.17) is 4.74 Å². The normalized spacial score (nSPS) is 11.1.